The second-order valence-corrected chi connectivity index (χ2v) is 7.60. The van der Waals surface area contributed by atoms with Gasteiger partial charge >= 0.3 is 5.97 Å². The fourth-order valence-corrected chi connectivity index (χ4v) is 4.05. The van der Waals surface area contributed by atoms with Gasteiger partial charge in [0.05, 0.1) is 12.5 Å². The summed E-state index contributed by atoms with van der Waals surface area (Å²) in [7, 11) is 0. The minimum atomic E-state index is -0.657. The Morgan fingerprint density at radius 3 is 2.81 bits per heavy atom. The number of piperidine rings is 1. The van der Waals surface area contributed by atoms with Crippen LogP contribution in [0.25, 0.3) is 0 Å². The fraction of sp³-hybridized carbons (Fsp3) is 0.526. The maximum absolute atomic E-state index is 12.9. The van der Waals surface area contributed by atoms with Crippen molar-refractivity contribution >= 4 is 39.4 Å². The molecule has 0 radical (unpaired) electrons. The number of carbonyl (C=O) groups is 3. The Morgan fingerprint density at radius 1 is 1.27 bits per heavy atom. The van der Waals surface area contributed by atoms with Gasteiger partial charge in [-0.15, -0.1) is 0 Å². The molecule has 2 fully saturated rings. The fourth-order valence-electron chi connectivity index (χ4n) is 3.66. The maximum atomic E-state index is 12.9. The topological polar surface area (TPSA) is 66.9 Å². The minimum Gasteiger partial charge on any atom is -0.466 e. The van der Waals surface area contributed by atoms with Gasteiger partial charge in [-0.2, -0.15) is 0 Å². The average molecular weight is 423 g/mol. The highest BCUT2D eigenvalue weighted by Crippen LogP contribution is 2.29. The lowest BCUT2D eigenvalue weighted by Gasteiger charge is -2.32. The van der Waals surface area contributed by atoms with E-state index in [1.807, 2.05) is 24.3 Å². The monoisotopic (exact) mass is 422 g/mol. The van der Waals surface area contributed by atoms with E-state index in [9.17, 15) is 14.4 Å². The van der Waals surface area contributed by atoms with Gasteiger partial charge in [0.25, 0.3) is 0 Å². The van der Waals surface area contributed by atoms with Gasteiger partial charge in [0.1, 0.15) is 5.92 Å². The number of anilines is 1. The molecule has 7 heteroatoms. The summed E-state index contributed by atoms with van der Waals surface area (Å²) in [5.41, 5.74) is 0.794. The average Bonchev–Trinajstić information content (AvgIpc) is 3.03. The molecular weight excluding hydrogens is 400 g/mol. The lowest BCUT2D eigenvalue weighted by Crippen LogP contribution is -2.46. The van der Waals surface area contributed by atoms with Crippen LogP contribution in [-0.4, -0.2) is 48.9 Å². The van der Waals surface area contributed by atoms with Crippen LogP contribution in [0.5, 0.6) is 0 Å². The van der Waals surface area contributed by atoms with Gasteiger partial charge in [-0.1, -0.05) is 22.0 Å². The van der Waals surface area contributed by atoms with E-state index >= 15 is 0 Å². The number of benzene rings is 1. The summed E-state index contributed by atoms with van der Waals surface area (Å²) < 4.78 is 5.98. The Hall–Kier alpha value is -1.89. The number of nitrogens with zero attached hydrogens (tertiary/aromatic N) is 2. The molecular formula is C19H23BrN2O4. The predicted molar refractivity (Wildman–Crippen MR) is 101 cm³/mol. The summed E-state index contributed by atoms with van der Waals surface area (Å²) >= 11 is 3.41. The molecule has 0 aromatic heterocycles. The van der Waals surface area contributed by atoms with Crippen molar-refractivity contribution in [2.75, 3.05) is 31.1 Å². The largest absolute Gasteiger partial charge is 0.466 e. The number of amides is 2. The van der Waals surface area contributed by atoms with Crippen molar-refractivity contribution in [3.63, 3.8) is 0 Å². The number of likely N-dealkylation sites (tertiary alicyclic amines) is 1. The van der Waals surface area contributed by atoms with E-state index < -0.39 is 5.92 Å². The number of hydrogen-bond acceptors (Lipinski definition) is 4. The summed E-state index contributed by atoms with van der Waals surface area (Å²) in [5, 5.41) is 0. The van der Waals surface area contributed by atoms with Crippen molar-refractivity contribution in [1.82, 2.24) is 4.90 Å². The minimum absolute atomic E-state index is 0.161. The molecule has 2 unspecified atom stereocenters. The second kappa shape index (κ2) is 8.20. The van der Waals surface area contributed by atoms with Crippen LogP contribution in [0.15, 0.2) is 28.7 Å². The normalized spacial score (nSPS) is 23.2. The number of carbonyl (C=O) groups excluding carboxylic acids is 3. The molecule has 1 aromatic carbocycles. The Morgan fingerprint density at radius 2 is 2.08 bits per heavy atom. The number of rotatable bonds is 4. The van der Waals surface area contributed by atoms with Gasteiger partial charge < -0.3 is 14.5 Å². The lowest BCUT2D eigenvalue weighted by molar-refractivity contribution is -0.152. The molecule has 2 atom stereocenters. The number of halogens is 1. The van der Waals surface area contributed by atoms with Gasteiger partial charge in [0.15, 0.2) is 0 Å². The van der Waals surface area contributed by atoms with E-state index in [0.717, 1.165) is 23.0 Å². The first-order valence-corrected chi connectivity index (χ1v) is 9.83. The number of ether oxygens (including phenoxy) is 1. The highest BCUT2D eigenvalue weighted by molar-refractivity contribution is 9.10. The zero-order chi connectivity index (χ0) is 18.7. The third-order valence-corrected chi connectivity index (χ3v) is 5.47. The molecule has 1 aromatic rings. The Bertz CT molecular complexity index is 709. The van der Waals surface area contributed by atoms with E-state index in [0.29, 0.717) is 32.7 Å². The first-order chi connectivity index (χ1) is 12.5. The zero-order valence-corrected chi connectivity index (χ0v) is 16.4. The zero-order valence-electron chi connectivity index (χ0n) is 14.8. The summed E-state index contributed by atoms with van der Waals surface area (Å²) in [6.45, 7) is 3.58. The van der Waals surface area contributed by atoms with Crippen molar-refractivity contribution < 1.29 is 19.1 Å². The van der Waals surface area contributed by atoms with Gasteiger partial charge in [0, 0.05) is 29.8 Å². The molecule has 3 rings (SSSR count). The molecule has 2 aliphatic heterocycles. The molecule has 0 N–H and O–H groups in total. The highest BCUT2D eigenvalue weighted by atomic mass is 79.9. The molecule has 2 aliphatic rings. The van der Waals surface area contributed by atoms with Crippen molar-refractivity contribution in [2.24, 2.45) is 11.8 Å². The molecule has 26 heavy (non-hydrogen) atoms. The van der Waals surface area contributed by atoms with Crippen molar-refractivity contribution in [3.05, 3.63) is 28.7 Å². The van der Waals surface area contributed by atoms with E-state index in [1.165, 1.54) is 0 Å². The summed E-state index contributed by atoms with van der Waals surface area (Å²) in [5.74, 6) is -1.52. The molecule has 6 nitrogen and oxygen atoms in total. The van der Waals surface area contributed by atoms with Crippen LogP contribution in [0.1, 0.15) is 26.2 Å². The molecule has 140 valence electrons. The lowest BCUT2D eigenvalue weighted by atomic mass is 9.96. The van der Waals surface area contributed by atoms with Crippen molar-refractivity contribution in [1.29, 1.82) is 0 Å². The Balaban J connectivity index is 1.66. The van der Waals surface area contributed by atoms with E-state index in [4.69, 9.17) is 4.74 Å². The Labute approximate surface area is 161 Å². The molecule has 0 saturated carbocycles. The number of hydrogen-bond donors (Lipinski definition) is 0. The van der Waals surface area contributed by atoms with E-state index in [1.54, 1.807) is 16.7 Å². The molecule has 0 aliphatic carbocycles. The summed E-state index contributed by atoms with van der Waals surface area (Å²) in [6.07, 6.45) is 1.99. The van der Waals surface area contributed by atoms with Crippen LogP contribution in [0.2, 0.25) is 0 Å². The molecule has 2 saturated heterocycles. The molecule has 0 spiro atoms. The van der Waals surface area contributed by atoms with Crippen LogP contribution in [-0.2, 0) is 19.1 Å². The summed E-state index contributed by atoms with van der Waals surface area (Å²) in [6, 6.07) is 7.52. The van der Waals surface area contributed by atoms with Crippen LogP contribution in [0.3, 0.4) is 0 Å². The third-order valence-electron chi connectivity index (χ3n) is 4.98. The van der Waals surface area contributed by atoms with Gasteiger partial charge in [-0.3, -0.25) is 14.4 Å². The maximum Gasteiger partial charge on any atom is 0.310 e. The van der Waals surface area contributed by atoms with Gasteiger partial charge in [-0.05, 0) is 44.4 Å². The van der Waals surface area contributed by atoms with Gasteiger partial charge in [-0.25, -0.2) is 0 Å². The van der Waals surface area contributed by atoms with Crippen LogP contribution >= 0.6 is 15.9 Å². The second-order valence-electron chi connectivity index (χ2n) is 6.69. The van der Waals surface area contributed by atoms with E-state index in [-0.39, 0.29) is 23.7 Å². The van der Waals surface area contributed by atoms with Gasteiger partial charge in [0.2, 0.25) is 11.8 Å². The standard InChI is InChI=1S/C19H23BrN2O4/c1-2-26-19(25)13-5-4-9-21(12-13)17(23)16-8-10-22(18(16)24)15-7-3-6-14(20)11-15/h3,6-7,11,13,16H,2,4-5,8-10,12H2,1H3. The quantitative estimate of drug-likeness (QED) is 0.552. The van der Waals surface area contributed by atoms with Crippen LogP contribution < -0.4 is 4.90 Å². The van der Waals surface area contributed by atoms with E-state index in [2.05, 4.69) is 15.9 Å². The SMILES string of the molecule is CCOC(=O)C1CCCN(C(=O)C2CCN(c3cccc(Br)c3)C2=O)C1. The first-order valence-electron chi connectivity index (χ1n) is 9.03. The third kappa shape index (κ3) is 3.92. The van der Waals surface area contributed by atoms with Crippen LogP contribution in [0, 0.1) is 11.8 Å². The number of esters is 1. The van der Waals surface area contributed by atoms with Crippen molar-refractivity contribution in [2.45, 2.75) is 26.2 Å². The predicted octanol–water partition coefficient (Wildman–Crippen LogP) is 2.60. The smallest absolute Gasteiger partial charge is 0.310 e. The molecule has 0 bridgehead atoms. The summed E-state index contributed by atoms with van der Waals surface area (Å²) in [4.78, 5) is 41.0. The van der Waals surface area contributed by atoms with Crippen molar-refractivity contribution in [3.8, 4) is 0 Å². The first kappa shape index (κ1) is 18.9. The van der Waals surface area contributed by atoms with Crippen LogP contribution in [0.4, 0.5) is 5.69 Å². The Kier molecular flexibility index (Phi) is 5.96. The molecule has 2 amide bonds. The highest BCUT2D eigenvalue weighted by Gasteiger charge is 2.41. The molecule has 2 heterocycles.